The Morgan fingerprint density at radius 2 is 1.51 bits per heavy atom. The highest BCUT2D eigenvalue weighted by atomic mass is 32.2. The molecule has 3 N–H and O–H groups in total. The van der Waals surface area contributed by atoms with E-state index in [1.54, 1.807) is 6.07 Å². The zero-order valence-corrected chi connectivity index (χ0v) is 23.6. The molecule has 3 aromatic rings. The van der Waals surface area contributed by atoms with Crippen LogP contribution < -0.4 is 10.6 Å². The molecular formula is C31H33N3O6S. The van der Waals surface area contributed by atoms with Crippen LogP contribution in [-0.4, -0.2) is 47.9 Å². The minimum atomic E-state index is -3.09. The van der Waals surface area contributed by atoms with Crippen molar-refractivity contribution in [2.45, 2.75) is 74.5 Å². The fourth-order valence-electron chi connectivity index (χ4n) is 6.03. The molecule has 1 aromatic heterocycles. The number of carbonyl (C=O) groups excluding carboxylic acids is 2. The van der Waals surface area contributed by atoms with Crippen molar-refractivity contribution in [3.8, 4) is 17.2 Å². The molecule has 0 radical (unpaired) electrons. The Morgan fingerprint density at radius 3 is 2.15 bits per heavy atom. The lowest BCUT2D eigenvalue weighted by atomic mass is 9.80. The second-order valence-electron chi connectivity index (χ2n) is 11.9. The number of nitrogens with zero attached hydrogens (tertiary/aromatic N) is 1. The van der Waals surface area contributed by atoms with Crippen molar-refractivity contribution in [3.63, 3.8) is 0 Å². The smallest absolute Gasteiger partial charge is 0.287 e. The predicted molar refractivity (Wildman–Crippen MR) is 152 cm³/mol. The third-order valence-corrected chi connectivity index (χ3v) is 10.6. The number of aliphatic hydroxyl groups is 1. The number of hydrogen-bond acceptors (Lipinski definition) is 7. The first kappa shape index (κ1) is 27.5. The summed E-state index contributed by atoms with van der Waals surface area (Å²) in [5.74, 6) is -0.702. The SMILES string of the molecule is N#CC1(NC(=O)C2(NC(=O)c3cc4ccc(-c5ccc(C6(O)CCS(=O)(=O)CC6)cc5)cc4o3)CCCCC2)CC1. The molecule has 3 aliphatic rings. The number of nitrogens with one attached hydrogen (secondary N) is 2. The van der Waals surface area contributed by atoms with Gasteiger partial charge in [-0.05, 0) is 67.3 Å². The maximum atomic E-state index is 13.3. The number of amides is 2. The van der Waals surface area contributed by atoms with Crippen molar-refractivity contribution in [2.75, 3.05) is 11.5 Å². The Kier molecular flexibility index (Phi) is 6.70. The number of benzene rings is 2. The first-order valence-electron chi connectivity index (χ1n) is 14.2. The van der Waals surface area contributed by atoms with Crippen LogP contribution in [0.15, 0.2) is 52.9 Å². The van der Waals surface area contributed by atoms with Gasteiger partial charge in [0.15, 0.2) is 15.6 Å². The molecule has 1 aliphatic heterocycles. The van der Waals surface area contributed by atoms with Gasteiger partial charge in [0.1, 0.15) is 16.7 Å². The van der Waals surface area contributed by atoms with E-state index in [-0.39, 0.29) is 36.0 Å². The molecular weight excluding hydrogens is 542 g/mol. The van der Waals surface area contributed by atoms with E-state index in [0.717, 1.165) is 35.8 Å². The molecule has 9 nitrogen and oxygen atoms in total. The molecule has 41 heavy (non-hydrogen) atoms. The third-order valence-electron chi connectivity index (χ3n) is 8.96. The number of hydrogen-bond donors (Lipinski definition) is 3. The minimum absolute atomic E-state index is 0.0250. The fourth-order valence-corrected chi connectivity index (χ4v) is 7.53. The van der Waals surface area contributed by atoms with Crippen molar-refractivity contribution in [1.29, 1.82) is 5.26 Å². The second kappa shape index (κ2) is 10.00. The van der Waals surface area contributed by atoms with Gasteiger partial charge < -0.3 is 20.2 Å². The van der Waals surface area contributed by atoms with Crippen LogP contribution in [0.2, 0.25) is 0 Å². The van der Waals surface area contributed by atoms with Crippen LogP contribution in [0.5, 0.6) is 0 Å². The van der Waals surface area contributed by atoms with Crippen molar-refractivity contribution in [1.82, 2.24) is 10.6 Å². The highest BCUT2D eigenvalue weighted by Crippen LogP contribution is 2.38. The number of rotatable bonds is 6. The minimum Gasteiger partial charge on any atom is -0.451 e. The summed E-state index contributed by atoms with van der Waals surface area (Å²) in [5.41, 5.74) is -0.0757. The van der Waals surface area contributed by atoms with Crippen LogP contribution in [0, 0.1) is 11.3 Å². The van der Waals surface area contributed by atoms with E-state index in [2.05, 4.69) is 16.7 Å². The molecule has 2 heterocycles. The van der Waals surface area contributed by atoms with Crippen LogP contribution >= 0.6 is 0 Å². The highest BCUT2D eigenvalue weighted by Gasteiger charge is 2.50. The van der Waals surface area contributed by atoms with Crippen molar-refractivity contribution >= 4 is 32.6 Å². The summed E-state index contributed by atoms with van der Waals surface area (Å²) in [5, 5.41) is 27.0. The molecule has 10 heteroatoms. The summed E-state index contributed by atoms with van der Waals surface area (Å²) in [6.45, 7) is 0. The summed E-state index contributed by atoms with van der Waals surface area (Å²) in [4.78, 5) is 26.6. The van der Waals surface area contributed by atoms with Crippen molar-refractivity contribution in [3.05, 3.63) is 59.9 Å². The number of fused-ring (bicyclic) bond motifs is 1. The summed E-state index contributed by atoms with van der Waals surface area (Å²) < 4.78 is 29.5. The lowest BCUT2D eigenvalue weighted by Crippen LogP contribution is -2.61. The molecule has 0 atom stereocenters. The molecule has 0 bridgehead atoms. The van der Waals surface area contributed by atoms with Gasteiger partial charge in [0.25, 0.3) is 5.91 Å². The standard InChI is InChI=1S/C31H33N3O6S/c32-20-29(12-13-29)34-28(36)30(10-2-1-3-11-30)33-27(35)26-19-23-5-4-22(18-25(23)40-26)21-6-8-24(9-7-21)31(37)14-16-41(38,39)17-15-31/h4-9,18-19,37H,1-3,10-17H2,(H,33,35)(H,34,36). The average Bonchev–Trinajstić information content (AvgIpc) is 3.62. The van der Waals surface area contributed by atoms with Crippen LogP contribution in [0.25, 0.3) is 22.1 Å². The largest absolute Gasteiger partial charge is 0.451 e. The van der Waals surface area contributed by atoms with Gasteiger partial charge in [-0.2, -0.15) is 5.26 Å². The molecule has 6 rings (SSSR count). The van der Waals surface area contributed by atoms with Crippen LogP contribution in [-0.2, 0) is 20.2 Å². The molecule has 0 unspecified atom stereocenters. The fraction of sp³-hybridized carbons (Fsp3) is 0.452. The molecule has 0 spiro atoms. The summed E-state index contributed by atoms with van der Waals surface area (Å²) >= 11 is 0. The molecule has 2 amide bonds. The quantitative estimate of drug-likeness (QED) is 0.401. The summed E-state index contributed by atoms with van der Waals surface area (Å²) in [6.07, 6.45) is 5.25. The number of nitriles is 1. The van der Waals surface area contributed by atoms with E-state index in [4.69, 9.17) is 4.42 Å². The van der Waals surface area contributed by atoms with Crippen LogP contribution in [0.1, 0.15) is 73.9 Å². The topological polar surface area (TPSA) is 150 Å². The van der Waals surface area contributed by atoms with Crippen LogP contribution in [0.4, 0.5) is 0 Å². The van der Waals surface area contributed by atoms with Crippen molar-refractivity contribution < 1.29 is 27.5 Å². The Bertz CT molecular complexity index is 1640. The van der Waals surface area contributed by atoms with E-state index in [1.807, 2.05) is 42.5 Å². The normalized spacial score (nSPS) is 21.9. The Balaban J connectivity index is 1.20. The Hall–Kier alpha value is -3.68. The maximum Gasteiger partial charge on any atom is 0.287 e. The number of sulfone groups is 1. The lowest BCUT2D eigenvalue weighted by molar-refractivity contribution is -0.129. The molecule has 2 aliphatic carbocycles. The van der Waals surface area contributed by atoms with Gasteiger partial charge in [-0.3, -0.25) is 9.59 Å². The highest BCUT2D eigenvalue weighted by molar-refractivity contribution is 7.91. The van der Waals surface area contributed by atoms with Gasteiger partial charge >= 0.3 is 0 Å². The maximum absolute atomic E-state index is 13.3. The number of carbonyl (C=O) groups is 2. The van der Waals surface area contributed by atoms with E-state index in [9.17, 15) is 28.4 Å². The first-order valence-corrected chi connectivity index (χ1v) is 16.0. The van der Waals surface area contributed by atoms with E-state index < -0.39 is 32.4 Å². The average molecular weight is 576 g/mol. The Morgan fingerprint density at radius 1 is 0.854 bits per heavy atom. The lowest BCUT2D eigenvalue weighted by Gasteiger charge is -2.37. The van der Waals surface area contributed by atoms with Gasteiger partial charge in [-0.25, -0.2) is 8.42 Å². The van der Waals surface area contributed by atoms with Gasteiger partial charge in [0.2, 0.25) is 5.91 Å². The van der Waals surface area contributed by atoms with E-state index >= 15 is 0 Å². The van der Waals surface area contributed by atoms with Gasteiger partial charge in [-0.15, -0.1) is 0 Å². The first-order chi connectivity index (χ1) is 19.5. The van der Waals surface area contributed by atoms with Crippen LogP contribution in [0.3, 0.4) is 0 Å². The van der Waals surface area contributed by atoms with Gasteiger partial charge in [0, 0.05) is 5.39 Å². The molecule has 2 saturated carbocycles. The van der Waals surface area contributed by atoms with Crippen molar-refractivity contribution in [2.24, 2.45) is 0 Å². The Labute approximate surface area is 238 Å². The monoisotopic (exact) mass is 575 g/mol. The molecule has 1 saturated heterocycles. The molecule has 3 fully saturated rings. The zero-order valence-electron chi connectivity index (χ0n) is 22.7. The van der Waals surface area contributed by atoms with Gasteiger partial charge in [-0.1, -0.05) is 55.7 Å². The zero-order chi connectivity index (χ0) is 28.9. The molecule has 2 aromatic carbocycles. The summed E-state index contributed by atoms with van der Waals surface area (Å²) in [6, 6.07) is 16.9. The predicted octanol–water partition coefficient (Wildman–Crippen LogP) is 4.10. The van der Waals surface area contributed by atoms with E-state index in [1.165, 1.54) is 0 Å². The molecule has 214 valence electrons. The summed E-state index contributed by atoms with van der Waals surface area (Å²) in [7, 11) is -3.09. The van der Waals surface area contributed by atoms with E-state index in [0.29, 0.717) is 36.8 Å². The second-order valence-corrected chi connectivity index (χ2v) is 14.2. The van der Waals surface area contributed by atoms with Gasteiger partial charge in [0.05, 0.1) is 23.2 Å². The number of furan rings is 1. The third kappa shape index (κ3) is 5.36.